The minimum Gasteiger partial charge on any atom is -0.382 e. The van der Waals surface area contributed by atoms with E-state index < -0.39 is 6.04 Å². The molecule has 0 saturated carbocycles. The van der Waals surface area contributed by atoms with Crippen LogP contribution in [0.3, 0.4) is 0 Å². The number of hydrogen-bond donors (Lipinski definition) is 4. The van der Waals surface area contributed by atoms with E-state index in [-0.39, 0.29) is 49.0 Å². The third kappa shape index (κ3) is 5.33. The molecular formula is C14H22Cl2N6O2. The van der Waals surface area contributed by atoms with Crippen LogP contribution in [0.25, 0.3) is 0 Å². The standard InChI is InChI=1S/C14H20N6O2.2ClH/c15-6-12(21)20-5-1-2-11(20)14(22)19-8-9-3-4-10(13(16)17)18-7-9;;/h3-4,7,11H,1-2,5-6,8,15H2,(H3,16,17)(H,19,22);2*1H/t11-;;/m0../s1. The van der Waals surface area contributed by atoms with E-state index in [1.165, 1.54) is 4.90 Å². The van der Waals surface area contributed by atoms with Crippen molar-refractivity contribution in [2.45, 2.75) is 25.4 Å². The molecule has 24 heavy (non-hydrogen) atoms. The molecule has 6 N–H and O–H groups in total. The molecule has 1 atom stereocenters. The second-order valence-electron chi connectivity index (χ2n) is 5.13. The molecule has 0 bridgehead atoms. The van der Waals surface area contributed by atoms with Gasteiger partial charge in [-0.15, -0.1) is 24.8 Å². The molecule has 0 spiro atoms. The molecule has 2 heterocycles. The minimum absolute atomic E-state index is 0. The van der Waals surface area contributed by atoms with E-state index in [1.807, 2.05) is 0 Å². The van der Waals surface area contributed by atoms with Gasteiger partial charge in [0.1, 0.15) is 17.6 Å². The Balaban J connectivity index is 0.00000264. The summed E-state index contributed by atoms with van der Waals surface area (Å²) in [5.41, 5.74) is 11.9. The van der Waals surface area contributed by atoms with Crippen LogP contribution in [0.4, 0.5) is 0 Å². The first-order chi connectivity index (χ1) is 10.5. The van der Waals surface area contributed by atoms with E-state index in [1.54, 1.807) is 18.3 Å². The summed E-state index contributed by atoms with van der Waals surface area (Å²) in [6, 6.07) is 2.94. The van der Waals surface area contributed by atoms with Gasteiger partial charge in [0.25, 0.3) is 0 Å². The summed E-state index contributed by atoms with van der Waals surface area (Å²) in [5, 5.41) is 10.1. The maximum absolute atomic E-state index is 12.2. The van der Waals surface area contributed by atoms with Crippen molar-refractivity contribution in [2.24, 2.45) is 11.5 Å². The lowest BCUT2D eigenvalue weighted by Crippen LogP contribution is -2.47. The number of hydrogen-bond acceptors (Lipinski definition) is 5. The first-order valence-electron chi connectivity index (χ1n) is 7.09. The molecule has 1 aliphatic rings. The Hall–Kier alpha value is -1.90. The third-order valence-electron chi connectivity index (χ3n) is 3.62. The smallest absolute Gasteiger partial charge is 0.243 e. The number of halogens is 2. The molecule has 0 aliphatic carbocycles. The summed E-state index contributed by atoms with van der Waals surface area (Å²) in [7, 11) is 0. The normalized spacial score (nSPS) is 15.9. The highest BCUT2D eigenvalue weighted by molar-refractivity contribution is 5.93. The Morgan fingerprint density at radius 2 is 2.08 bits per heavy atom. The molecule has 2 rings (SSSR count). The maximum atomic E-state index is 12.2. The van der Waals surface area contributed by atoms with Gasteiger partial charge < -0.3 is 21.7 Å². The van der Waals surface area contributed by atoms with Gasteiger partial charge in [0, 0.05) is 19.3 Å². The Bertz CT molecular complexity index is 581. The molecule has 1 aromatic rings. The largest absolute Gasteiger partial charge is 0.382 e. The van der Waals surface area contributed by atoms with E-state index >= 15 is 0 Å². The monoisotopic (exact) mass is 376 g/mol. The summed E-state index contributed by atoms with van der Waals surface area (Å²) in [6.45, 7) is 0.800. The lowest BCUT2D eigenvalue weighted by Gasteiger charge is -2.23. The fraction of sp³-hybridized carbons (Fsp3) is 0.429. The lowest BCUT2D eigenvalue weighted by molar-refractivity contribution is -0.137. The first kappa shape index (κ1) is 22.1. The molecule has 10 heteroatoms. The predicted octanol–water partition coefficient (Wildman–Crippen LogP) is -0.225. The Labute approximate surface area is 152 Å². The molecule has 134 valence electrons. The number of carbonyl (C=O) groups is 2. The van der Waals surface area contributed by atoms with Gasteiger partial charge in [-0.05, 0) is 24.5 Å². The molecule has 1 saturated heterocycles. The van der Waals surface area contributed by atoms with E-state index in [0.717, 1.165) is 12.0 Å². The fourth-order valence-corrected chi connectivity index (χ4v) is 2.45. The van der Waals surface area contributed by atoms with Crippen molar-refractivity contribution < 1.29 is 9.59 Å². The number of nitrogens with zero attached hydrogens (tertiary/aromatic N) is 2. The zero-order chi connectivity index (χ0) is 16.1. The van der Waals surface area contributed by atoms with E-state index in [4.69, 9.17) is 16.9 Å². The Morgan fingerprint density at radius 3 is 2.62 bits per heavy atom. The summed E-state index contributed by atoms with van der Waals surface area (Å²) >= 11 is 0. The van der Waals surface area contributed by atoms with Crippen molar-refractivity contribution in [3.05, 3.63) is 29.6 Å². The highest BCUT2D eigenvalue weighted by Gasteiger charge is 2.33. The van der Waals surface area contributed by atoms with Gasteiger partial charge in [-0.25, -0.2) is 0 Å². The van der Waals surface area contributed by atoms with Crippen LogP contribution in [0.2, 0.25) is 0 Å². The lowest BCUT2D eigenvalue weighted by atomic mass is 10.2. The molecule has 0 aromatic carbocycles. The first-order valence-corrected chi connectivity index (χ1v) is 7.09. The second kappa shape index (κ2) is 10.1. The van der Waals surface area contributed by atoms with Crippen LogP contribution >= 0.6 is 24.8 Å². The number of nitrogens with two attached hydrogens (primary N) is 2. The Morgan fingerprint density at radius 1 is 1.38 bits per heavy atom. The van der Waals surface area contributed by atoms with Gasteiger partial charge in [-0.3, -0.25) is 20.0 Å². The van der Waals surface area contributed by atoms with Gasteiger partial charge in [-0.1, -0.05) is 6.07 Å². The molecule has 8 nitrogen and oxygen atoms in total. The SMILES string of the molecule is Cl.Cl.N=C(N)c1ccc(CNC(=O)[C@@H]2CCCN2C(=O)CN)cn1. The number of carbonyl (C=O) groups excluding carboxylic acids is 2. The highest BCUT2D eigenvalue weighted by Crippen LogP contribution is 2.17. The van der Waals surface area contributed by atoms with Crippen LogP contribution in [-0.4, -0.2) is 46.7 Å². The van der Waals surface area contributed by atoms with Crippen LogP contribution in [0.15, 0.2) is 18.3 Å². The minimum atomic E-state index is -0.444. The highest BCUT2D eigenvalue weighted by atomic mass is 35.5. The molecule has 1 fully saturated rings. The molecule has 1 aliphatic heterocycles. The quantitative estimate of drug-likeness (QED) is 0.415. The Kier molecular flexibility index (Phi) is 9.27. The van der Waals surface area contributed by atoms with Crippen molar-refractivity contribution >= 4 is 42.5 Å². The van der Waals surface area contributed by atoms with E-state index in [9.17, 15) is 9.59 Å². The number of amidine groups is 1. The number of nitrogens with one attached hydrogen (secondary N) is 2. The summed E-state index contributed by atoms with van der Waals surface area (Å²) < 4.78 is 0. The second-order valence-corrected chi connectivity index (χ2v) is 5.13. The van der Waals surface area contributed by atoms with Gasteiger partial charge in [0.15, 0.2) is 0 Å². The number of pyridine rings is 1. The van der Waals surface area contributed by atoms with Crippen molar-refractivity contribution in [1.29, 1.82) is 5.41 Å². The van der Waals surface area contributed by atoms with Crippen molar-refractivity contribution in [2.75, 3.05) is 13.1 Å². The number of likely N-dealkylation sites (tertiary alicyclic amines) is 1. The van der Waals surface area contributed by atoms with Gasteiger partial charge >= 0.3 is 0 Å². The van der Waals surface area contributed by atoms with Crippen LogP contribution in [0.5, 0.6) is 0 Å². The number of rotatable bonds is 5. The average Bonchev–Trinajstić information content (AvgIpc) is 3.01. The van der Waals surface area contributed by atoms with Crippen molar-refractivity contribution in [1.82, 2.24) is 15.2 Å². The average molecular weight is 377 g/mol. The summed E-state index contributed by atoms with van der Waals surface area (Å²) in [6.07, 6.45) is 3.02. The fourth-order valence-electron chi connectivity index (χ4n) is 2.45. The van der Waals surface area contributed by atoms with E-state index in [0.29, 0.717) is 25.2 Å². The van der Waals surface area contributed by atoms with E-state index in [2.05, 4.69) is 10.3 Å². The maximum Gasteiger partial charge on any atom is 0.243 e. The zero-order valence-electron chi connectivity index (χ0n) is 13.0. The number of nitrogen functional groups attached to an aromatic ring is 1. The number of aromatic nitrogens is 1. The number of amides is 2. The van der Waals surface area contributed by atoms with Crippen LogP contribution in [0, 0.1) is 5.41 Å². The van der Waals surface area contributed by atoms with Crippen LogP contribution in [0.1, 0.15) is 24.1 Å². The molecule has 0 radical (unpaired) electrons. The van der Waals surface area contributed by atoms with Crippen LogP contribution in [-0.2, 0) is 16.1 Å². The van der Waals surface area contributed by atoms with Crippen molar-refractivity contribution in [3.8, 4) is 0 Å². The van der Waals surface area contributed by atoms with Crippen LogP contribution < -0.4 is 16.8 Å². The zero-order valence-corrected chi connectivity index (χ0v) is 14.7. The summed E-state index contributed by atoms with van der Waals surface area (Å²) in [5.74, 6) is -0.488. The molecule has 2 amide bonds. The predicted molar refractivity (Wildman–Crippen MR) is 95.4 cm³/mol. The molecular weight excluding hydrogens is 355 g/mol. The van der Waals surface area contributed by atoms with Gasteiger partial charge in [0.05, 0.1) is 6.54 Å². The van der Waals surface area contributed by atoms with Crippen molar-refractivity contribution in [3.63, 3.8) is 0 Å². The molecule has 0 unspecified atom stereocenters. The third-order valence-corrected chi connectivity index (χ3v) is 3.62. The summed E-state index contributed by atoms with van der Waals surface area (Å²) in [4.78, 5) is 29.5. The molecule has 1 aromatic heterocycles. The van der Waals surface area contributed by atoms with Gasteiger partial charge in [0.2, 0.25) is 11.8 Å². The van der Waals surface area contributed by atoms with Gasteiger partial charge in [-0.2, -0.15) is 0 Å². The topological polar surface area (TPSA) is 138 Å².